The van der Waals surface area contributed by atoms with Crippen molar-refractivity contribution in [1.82, 2.24) is 0 Å². The van der Waals surface area contributed by atoms with E-state index >= 15 is 0 Å². The smallest absolute Gasteiger partial charge is 0.305 e. The molecular formula is C21H40O2. The van der Waals surface area contributed by atoms with E-state index in [1.54, 1.807) is 0 Å². The number of hydrogen-bond acceptors (Lipinski definition) is 2. The molecule has 0 N–H and O–H groups in total. The Morgan fingerprint density at radius 2 is 1.13 bits per heavy atom. The van der Waals surface area contributed by atoms with Gasteiger partial charge in [-0.3, -0.25) is 4.79 Å². The van der Waals surface area contributed by atoms with E-state index in [1.165, 1.54) is 97.0 Å². The van der Waals surface area contributed by atoms with Crippen molar-refractivity contribution in [3.63, 3.8) is 0 Å². The number of esters is 1. The fourth-order valence-electron chi connectivity index (χ4n) is 2.80. The average Bonchev–Trinajstić information content (AvgIpc) is 2.57. The maximum atomic E-state index is 10.9. The third-order valence-electron chi connectivity index (χ3n) is 4.37. The lowest BCUT2D eigenvalue weighted by atomic mass is 10.0. The van der Waals surface area contributed by atoms with Crippen LogP contribution in [0.5, 0.6) is 0 Å². The molecule has 0 amide bonds. The van der Waals surface area contributed by atoms with Crippen molar-refractivity contribution < 1.29 is 9.53 Å². The van der Waals surface area contributed by atoms with Gasteiger partial charge in [-0.25, -0.2) is 0 Å². The number of rotatable bonds is 17. The van der Waals surface area contributed by atoms with Crippen LogP contribution in [0.25, 0.3) is 0 Å². The average molecular weight is 325 g/mol. The van der Waals surface area contributed by atoms with Crippen LogP contribution in [0.4, 0.5) is 0 Å². The highest BCUT2D eigenvalue weighted by atomic mass is 16.5. The number of carbonyl (C=O) groups excluding carboxylic acids is 1. The fourth-order valence-corrected chi connectivity index (χ4v) is 2.80. The van der Waals surface area contributed by atoms with E-state index in [4.69, 9.17) is 0 Å². The Morgan fingerprint density at radius 3 is 1.61 bits per heavy atom. The van der Waals surface area contributed by atoms with Gasteiger partial charge in [-0.2, -0.15) is 0 Å². The predicted molar refractivity (Wildman–Crippen MR) is 101 cm³/mol. The number of methoxy groups -OCH3 is 1. The van der Waals surface area contributed by atoms with Crippen LogP contribution in [0.1, 0.15) is 110 Å². The number of ether oxygens (including phenoxy) is 1. The van der Waals surface area contributed by atoms with Crippen molar-refractivity contribution >= 4 is 5.97 Å². The highest BCUT2D eigenvalue weighted by molar-refractivity contribution is 5.68. The van der Waals surface area contributed by atoms with Crippen LogP contribution in [0.3, 0.4) is 0 Å². The van der Waals surface area contributed by atoms with Gasteiger partial charge < -0.3 is 4.74 Å². The first-order valence-corrected chi connectivity index (χ1v) is 10.0. The summed E-state index contributed by atoms with van der Waals surface area (Å²) < 4.78 is 4.64. The summed E-state index contributed by atoms with van der Waals surface area (Å²) in [5.41, 5.74) is 0. The lowest BCUT2D eigenvalue weighted by Crippen LogP contribution is -1.99. The molecule has 0 aromatic carbocycles. The van der Waals surface area contributed by atoms with Crippen LogP contribution in [-0.2, 0) is 9.53 Å². The summed E-state index contributed by atoms with van der Waals surface area (Å²) in [5.74, 6) is -0.0687. The molecule has 0 saturated carbocycles. The van der Waals surface area contributed by atoms with E-state index in [9.17, 15) is 4.79 Å². The van der Waals surface area contributed by atoms with Crippen molar-refractivity contribution in [3.05, 3.63) is 12.2 Å². The second-order valence-corrected chi connectivity index (χ2v) is 6.62. The van der Waals surface area contributed by atoms with E-state index in [-0.39, 0.29) is 5.97 Å². The summed E-state index contributed by atoms with van der Waals surface area (Å²) in [7, 11) is 1.46. The minimum absolute atomic E-state index is 0.0687. The van der Waals surface area contributed by atoms with Crippen LogP contribution >= 0.6 is 0 Å². The summed E-state index contributed by atoms with van der Waals surface area (Å²) in [6, 6.07) is 0. The summed E-state index contributed by atoms with van der Waals surface area (Å²) in [6.07, 6.45) is 24.9. The third-order valence-corrected chi connectivity index (χ3v) is 4.37. The van der Waals surface area contributed by atoms with Gasteiger partial charge in [0.15, 0.2) is 0 Å². The first-order valence-electron chi connectivity index (χ1n) is 10.0. The van der Waals surface area contributed by atoms with Gasteiger partial charge in [0.2, 0.25) is 0 Å². The Balaban J connectivity index is 3.06. The van der Waals surface area contributed by atoms with Gasteiger partial charge >= 0.3 is 5.97 Å². The molecule has 0 aliphatic heterocycles. The van der Waals surface area contributed by atoms with Crippen molar-refractivity contribution in [2.75, 3.05) is 7.11 Å². The molecule has 23 heavy (non-hydrogen) atoms. The minimum Gasteiger partial charge on any atom is -0.469 e. The molecule has 136 valence electrons. The second-order valence-electron chi connectivity index (χ2n) is 6.62. The Hall–Kier alpha value is -0.790. The fraction of sp³-hybridized carbons (Fsp3) is 0.857. The summed E-state index contributed by atoms with van der Waals surface area (Å²) in [4.78, 5) is 10.9. The zero-order chi connectivity index (χ0) is 17.0. The number of allylic oxidation sites excluding steroid dienone is 2. The summed E-state index contributed by atoms with van der Waals surface area (Å²) in [5, 5.41) is 0. The van der Waals surface area contributed by atoms with Gasteiger partial charge in [0.1, 0.15) is 0 Å². The molecule has 0 rings (SSSR count). The molecule has 2 heteroatoms. The highest BCUT2D eigenvalue weighted by Crippen LogP contribution is 2.12. The van der Waals surface area contributed by atoms with E-state index < -0.39 is 0 Å². The van der Waals surface area contributed by atoms with E-state index in [1.807, 2.05) is 0 Å². The zero-order valence-electron chi connectivity index (χ0n) is 15.8. The first kappa shape index (κ1) is 22.2. The molecule has 0 saturated heterocycles. The molecule has 0 radical (unpaired) electrons. The van der Waals surface area contributed by atoms with Gasteiger partial charge in [-0.05, 0) is 32.1 Å². The normalized spacial score (nSPS) is 11.2. The van der Waals surface area contributed by atoms with Crippen molar-refractivity contribution in [3.8, 4) is 0 Å². The molecule has 0 spiro atoms. The van der Waals surface area contributed by atoms with Crippen LogP contribution in [0.2, 0.25) is 0 Å². The van der Waals surface area contributed by atoms with Crippen LogP contribution in [0, 0.1) is 0 Å². The molecule has 0 unspecified atom stereocenters. The van der Waals surface area contributed by atoms with E-state index in [2.05, 4.69) is 23.8 Å². The molecule has 0 heterocycles. The molecule has 0 aromatic heterocycles. The van der Waals surface area contributed by atoms with Crippen molar-refractivity contribution in [2.24, 2.45) is 0 Å². The monoisotopic (exact) mass is 324 g/mol. The third kappa shape index (κ3) is 19.2. The van der Waals surface area contributed by atoms with Crippen LogP contribution in [0.15, 0.2) is 12.2 Å². The molecule has 0 aliphatic rings. The SMILES string of the molecule is CCCCC/C=C\CCCCCCCCCCCCC(=O)OC. The molecule has 0 atom stereocenters. The molecule has 0 bridgehead atoms. The Bertz CT molecular complexity index is 271. The lowest BCUT2D eigenvalue weighted by Gasteiger charge is -2.02. The largest absolute Gasteiger partial charge is 0.469 e. The van der Waals surface area contributed by atoms with Crippen LogP contribution < -0.4 is 0 Å². The Morgan fingerprint density at radius 1 is 0.696 bits per heavy atom. The van der Waals surface area contributed by atoms with Crippen molar-refractivity contribution in [1.29, 1.82) is 0 Å². The van der Waals surface area contributed by atoms with Gasteiger partial charge in [-0.1, -0.05) is 83.3 Å². The standard InChI is InChI=1S/C21H40O2/c1-3-4-5-6-7-8-9-10-11-12-13-14-15-16-17-18-19-20-21(22)23-2/h7-8H,3-6,9-20H2,1-2H3/b8-7-. The Labute approximate surface area is 145 Å². The molecule has 0 aromatic rings. The number of unbranched alkanes of at least 4 members (excludes halogenated alkanes) is 13. The Kier molecular flexibility index (Phi) is 18.6. The van der Waals surface area contributed by atoms with Gasteiger partial charge in [0.25, 0.3) is 0 Å². The van der Waals surface area contributed by atoms with Crippen molar-refractivity contribution in [2.45, 2.75) is 110 Å². The molecule has 0 fully saturated rings. The van der Waals surface area contributed by atoms with Gasteiger partial charge in [-0.15, -0.1) is 0 Å². The van der Waals surface area contributed by atoms with Gasteiger partial charge in [0, 0.05) is 6.42 Å². The zero-order valence-corrected chi connectivity index (χ0v) is 15.8. The first-order chi connectivity index (χ1) is 11.3. The van der Waals surface area contributed by atoms with Gasteiger partial charge in [0.05, 0.1) is 7.11 Å². The molecule has 2 nitrogen and oxygen atoms in total. The molecular weight excluding hydrogens is 284 g/mol. The maximum absolute atomic E-state index is 10.9. The summed E-state index contributed by atoms with van der Waals surface area (Å²) in [6.45, 7) is 2.26. The topological polar surface area (TPSA) is 26.3 Å². The summed E-state index contributed by atoms with van der Waals surface area (Å²) >= 11 is 0. The second kappa shape index (κ2) is 19.3. The molecule has 0 aliphatic carbocycles. The predicted octanol–water partition coefficient (Wildman–Crippen LogP) is 6.98. The maximum Gasteiger partial charge on any atom is 0.305 e. The number of hydrogen-bond donors (Lipinski definition) is 0. The quantitative estimate of drug-likeness (QED) is 0.164. The lowest BCUT2D eigenvalue weighted by molar-refractivity contribution is -0.140. The number of carbonyl (C=O) groups is 1. The van der Waals surface area contributed by atoms with Crippen LogP contribution in [-0.4, -0.2) is 13.1 Å². The van der Waals surface area contributed by atoms with E-state index in [0.29, 0.717) is 6.42 Å². The minimum atomic E-state index is -0.0687. The highest BCUT2D eigenvalue weighted by Gasteiger charge is 1.99. The van der Waals surface area contributed by atoms with E-state index in [0.717, 1.165) is 6.42 Å².